The first-order valence-electron chi connectivity index (χ1n) is 9.13. The van der Waals surface area contributed by atoms with Crippen molar-refractivity contribution in [3.63, 3.8) is 0 Å². The molecular formula is C21H20N4O4S. The predicted octanol–water partition coefficient (Wildman–Crippen LogP) is 2.10. The molecule has 9 heteroatoms. The Hall–Kier alpha value is -3.46. The van der Waals surface area contributed by atoms with Gasteiger partial charge in [-0.15, -0.1) is 0 Å². The van der Waals surface area contributed by atoms with Crippen LogP contribution in [-0.2, 0) is 19.2 Å². The summed E-state index contributed by atoms with van der Waals surface area (Å²) < 4.78 is 0. The number of aryl methyl sites for hydroxylation is 1. The lowest BCUT2D eigenvalue weighted by Gasteiger charge is -2.30. The number of nitrogens with zero attached hydrogens (tertiary/aromatic N) is 2. The molecule has 30 heavy (non-hydrogen) atoms. The Labute approximate surface area is 177 Å². The summed E-state index contributed by atoms with van der Waals surface area (Å²) in [7, 11) is 0. The van der Waals surface area contributed by atoms with Crippen LogP contribution in [0.25, 0.3) is 0 Å². The van der Waals surface area contributed by atoms with E-state index in [1.807, 2.05) is 19.1 Å². The van der Waals surface area contributed by atoms with Gasteiger partial charge in [-0.2, -0.15) is 4.99 Å². The molecule has 4 amide bonds. The highest BCUT2D eigenvalue weighted by Crippen LogP contribution is 2.24. The summed E-state index contributed by atoms with van der Waals surface area (Å²) in [6, 6.07) is 14.6. The summed E-state index contributed by atoms with van der Waals surface area (Å²) >= 11 is 0.969. The average molecular weight is 424 g/mol. The highest BCUT2D eigenvalue weighted by Gasteiger charge is 2.39. The van der Waals surface area contributed by atoms with Gasteiger partial charge in [0, 0.05) is 12.6 Å². The average Bonchev–Trinajstić information content (AvgIpc) is 2.71. The van der Waals surface area contributed by atoms with E-state index in [4.69, 9.17) is 0 Å². The van der Waals surface area contributed by atoms with Crippen molar-refractivity contribution >= 4 is 51.9 Å². The van der Waals surface area contributed by atoms with Gasteiger partial charge in [0.25, 0.3) is 11.8 Å². The molecule has 2 N–H and O–H groups in total. The summed E-state index contributed by atoms with van der Waals surface area (Å²) in [5, 5.41) is 5.17. The molecule has 3 rings (SSSR count). The Morgan fingerprint density at radius 1 is 1.07 bits per heavy atom. The topological polar surface area (TPSA) is 108 Å². The van der Waals surface area contributed by atoms with Gasteiger partial charge in [0.15, 0.2) is 11.2 Å². The highest BCUT2D eigenvalue weighted by atomic mass is 32.2. The summed E-state index contributed by atoms with van der Waals surface area (Å²) in [6.45, 7) is 3.17. The van der Waals surface area contributed by atoms with Crippen molar-refractivity contribution in [2.75, 3.05) is 16.0 Å². The quantitative estimate of drug-likeness (QED) is 0.715. The minimum Gasteiger partial charge on any atom is -0.337 e. The van der Waals surface area contributed by atoms with E-state index in [0.29, 0.717) is 11.4 Å². The Bertz CT molecular complexity index is 1010. The molecular weight excluding hydrogens is 404 g/mol. The van der Waals surface area contributed by atoms with Gasteiger partial charge >= 0.3 is 0 Å². The van der Waals surface area contributed by atoms with Gasteiger partial charge in [0.2, 0.25) is 11.8 Å². The molecule has 0 unspecified atom stereocenters. The molecule has 1 heterocycles. The fraction of sp³-hybridized carbons (Fsp3) is 0.190. The van der Waals surface area contributed by atoms with Gasteiger partial charge in [-0.3, -0.25) is 24.1 Å². The van der Waals surface area contributed by atoms with Gasteiger partial charge < -0.3 is 10.6 Å². The number of amidine groups is 1. The normalized spacial score (nSPS) is 16.1. The zero-order valence-electron chi connectivity index (χ0n) is 16.4. The molecule has 1 atom stereocenters. The zero-order valence-corrected chi connectivity index (χ0v) is 17.2. The van der Waals surface area contributed by atoms with Crippen LogP contribution in [0.3, 0.4) is 0 Å². The molecule has 2 aromatic rings. The number of hydrogen-bond donors (Lipinski definition) is 2. The Kier molecular flexibility index (Phi) is 6.63. The van der Waals surface area contributed by atoms with Gasteiger partial charge in [-0.1, -0.05) is 47.7 Å². The van der Waals surface area contributed by atoms with E-state index in [9.17, 15) is 19.2 Å². The van der Waals surface area contributed by atoms with Crippen LogP contribution in [0, 0.1) is 6.92 Å². The lowest BCUT2D eigenvalue weighted by molar-refractivity contribution is -0.133. The van der Waals surface area contributed by atoms with Crippen LogP contribution in [-0.4, -0.2) is 40.6 Å². The maximum absolute atomic E-state index is 12.9. The predicted molar refractivity (Wildman–Crippen MR) is 116 cm³/mol. The Balaban J connectivity index is 1.78. The first kappa shape index (κ1) is 21.3. The van der Waals surface area contributed by atoms with Crippen molar-refractivity contribution in [1.82, 2.24) is 5.32 Å². The summed E-state index contributed by atoms with van der Waals surface area (Å²) in [4.78, 5) is 54.2. The summed E-state index contributed by atoms with van der Waals surface area (Å²) in [5.74, 6) is -2.27. The first-order valence-corrected chi connectivity index (χ1v) is 10.1. The van der Waals surface area contributed by atoms with E-state index in [2.05, 4.69) is 15.6 Å². The van der Waals surface area contributed by atoms with E-state index >= 15 is 0 Å². The van der Waals surface area contributed by atoms with E-state index in [1.165, 1.54) is 11.8 Å². The van der Waals surface area contributed by atoms with Crippen molar-refractivity contribution in [3.8, 4) is 0 Å². The summed E-state index contributed by atoms with van der Waals surface area (Å²) in [6.07, 6.45) is 0. The third kappa shape index (κ3) is 5.12. The minimum atomic E-state index is -1.39. The van der Waals surface area contributed by atoms with Crippen molar-refractivity contribution in [3.05, 3.63) is 60.2 Å². The molecule has 0 fully saturated rings. The number of nitrogens with one attached hydrogen (secondary N) is 2. The van der Waals surface area contributed by atoms with Crippen molar-refractivity contribution in [2.24, 2.45) is 4.99 Å². The number of rotatable bonds is 5. The fourth-order valence-corrected chi connectivity index (χ4v) is 3.55. The van der Waals surface area contributed by atoms with Gasteiger partial charge in [0.05, 0.1) is 11.4 Å². The monoisotopic (exact) mass is 424 g/mol. The largest absolute Gasteiger partial charge is 0.337 e. The highest BCUT2D eigenvalue weighted by molar-refractivity contribution is 8.14. The zero-order chi connectivity index (χ0) is 21.7. The van der Waals surface area contributed by atoms with Crippen LogP contribution < -0.4 is 15.5 Å². The van der Waals surface area contributed by atoms with Crippen molar-refractivity contribution < 1.29 is 19.2 Å². The Morgan fingerprint density at radius 2 is 1.73 bits per heavy atom. The van der Waals surface area contributed by atoms with E-state index in [1.54, 1.807) is 42.5 Å². The van der Waals surface area contributed by atoms with E-state index < -0.39 is 23.8 Å². The third-order valence-electron chi connectivity index (χ3n) is 4.14. The number of hydrogen-bond acceptors (Lipinski definition) is 5. The maximum Gasteiger partial charge on any atom is 0.280 e. The standard InChI is InChI=1S/C21H20N4O4S/c1-13-8-10-15(11-9-13)23-17(27)12-30-21-24-19(28)18(22-14(2)26)20(29)25(21)16-6-4-3-5-7-16/h3-11,18H,12H2,1-2H3,(H,22,26)(H,23,27)/t18-/m1/s1. The van der Waals surface area contributed by atoms with Gasteiger partial charge in [-0.25, -0.2) is 0 Å². The molecule has 1 aliphatic heterocycles. The second-order valence-corrected chi connectivity index (χ2v) is 7.52. The molecule has 0 spiro atoms. The number of benzene rings is 2. The number of carbonyl (C=O) groups excluding carboxylic acids is 4. The molecule has 0 aliphatic carbocycles. The summed E-state index contributed by atoms with van der Waals surface area (Å²) in [5.41, 5.74) is 2.20. The molecule has 0 aromatic heterocycles. The smallest absolute Gasteiger partial charge is 0.280 e. The van der Waals surface area contributed by atoms with Crippen molar-refractivity contribution in [2.45, 2.75) is 19.9 Å². The van der Waals surface area contributed by atoms with Crippen LogP contribution in [0.4, 0.5) is 11.4 Å². The minimum absolute atomic E-state index is 0.0542. The lowest BCUT2D eigenvalue weighted by atomic mass is 10.2. The maximum atomic E-state index is 12.9. The van der Waals surface area contributed by atoms with Crippen LogP contribution in [0.15, 0.2) is 59.6 Å². The molecule has 0 saturated carbocycles. The van der Waals surface area contributed by atoms with E-state index in [-0.39, 0.29) is 16.8 Å². The lowest BCUT2D eigenvalue weighted by Crippen LogP contribution is -2.57. The molecule has 154 valence electrons. The number of para-hydroxylation sites is 1. The second kappa shape index (κ2) is 9.36. The first-order chi connectivity index (χ1) is 14.3. The molecule has 1 aliphatic rings. The third-order valence-corrected chi connectivity index (χ3v) is 5.08. The van der Waals surface area contributed by atoms with Crippen molar-refractivity contribution in [1.29, 1.82) is 0 Å². The molecule has 8 nitrogen and oxygen atoms in total. The van der Waals surface area contributed by atoms with Crippen LogP contribution in [0.1, 0.15) is 12.5 Å². The molecule has 0 bridgehead atoms. The van der Waals surface area contributed by atoms with Crippen LogP contribution in [0.5, 0.6) is 0 Å². The number of thioether (sulfide) groups is 1. The molecule has 0 saturated heterocycles. The van der Waals surface area contributed by atoms with Gasteiger partial charge in [0.1, 0.15) is 0 Å². The number of carbonyl (C=O) groups is 4. The van der Waals surface area contributed by atoms with E-state index in [0.717, 1.165) is 17.3 Å². The molecule has 2 aromatic carbocycles. The number of aliphatic imine (C=N–C) groups is 1. The Morgan fingerprint density at radius 3 is 2.37 bits per heavy atom. The fourth-order valence-electron chi connectivity index (χ4n) is 2.74. The number of amides is 4. The molecule has 0 radical (unpaired) electrons. The SMILES string of the molecule is CC(=O)N[C@@H]1C(=O)N=C(SCC(=O)Nc2ccc(C)cc2)N(c2ccccc2)C1=O. The second-order valence-electron chi connectivity index (χ2n) is 6.58. The van der Waals surface area contributed by atoms with Crippen LogP contribution in [0.2, 0.25) is 0 Å². The van der Waals surface area contributed by atoms with Crippen LogP contribution >= 0.6 is 11.8 Å². The number of anilines is 2. The van der Waals surface area contributed by atoms with Gasteiger partial charge in [-0.05, 0) is 31.2 Å².